The summed E-state index contributed by atoms with van der Waals surface area (Å²) < 4.78 is 11.3. The number of amides is 1. The van der Waals surface area contributed by atoms with Gasteiger partial charge in [-0.2, -0.15) is 11.8 Å². The van der Waals surface area contributed by atoms with E-state index in [-0.39, 0.29) is 24.5 Å². The number of thioether (sulfide) groups is 1. The minimum atomic E-state index is -0.647. The summed E-state index contributed by atoms with van der Waals surface area (Å²) in [4.78, 5) is 37.4. The van der Waals surface area contributed by atoms with E-state index in [4.69, 9.17) is 20.9 Å². The van der Waals surface area contributed by atoms with Gasteiger partial charge in [0.05, 0.1) is 6.04 Å². The van der Waals surface area contributed by atoms with Gasteiger partial charge in [0.25, 0.3) is 0 Å². The standard InChI is InChI=1S/C36H71N3O5S/c1-3-5-7-9-11-13-15-17-21-25-34(40)43-29-32(44-35(41)26-22-18-16-14-12-10-8-6-4-2)30-45-31-33(38)36(42)39-28-24-20-19-23-27-37/h32-33H,3-31,37-38H2,1-2H3,(H,39,42)/t32-,33-/m1/s1. The van der Waals surface area contributed by atoms with Gasteiger partial charge in [0, 0.05) is 30.9 Å². The number of nitrogens with one attached hydrogen (secondary N) is 1. The number of esters is 2. The monoisotopic (exact) mass is 658 g/mol. The molecule has 0 aliphatic rings. The quantitative estimate of drug-likeness (QED) is 0.0469. The van der Waals surface area contributed by atoms with Crippen LogP contribution in [0.1, 0.15) is 168 Å². The lowest BCUT2D eigenvalue weighted by atomic mass is 10.1. The minimum Gasteiger partial charge on any atom is -0.462 e. The fourth-order valence-electron chi connectivity index (χ4n) is 5.15. The Bertz CT molecular complexity index is 698. The Morgan fingerprint density at radius 1 is 0.622 bits per heavy atom. The summed E-state index contributed by atoms with van der Waals surface area (Å²) in [6.07, 6.45) is 25.6. The molecule has 0 fully saturated rings. The molecule has 0 unspecified atom stereocenters. The lowest BCUT2D eigenvalue weighted by Crippen LogP contribution is -2.43. The number of hydrogen-bond acceptors (Lipinski definition) is 8. The summed E-state index contributed by atoms with van der Waals surface area (Å²) in [7, 11) is 0. The lowest BCUT2D eigenvalue weighted by Gasteiger charge is -2.19. The summed E-state index contributed by atoms with van der Waals surface area (Å²) >= 11 is 1.45. The van der Waals surface area contributed by atoms with E-state index in [2.05, 4.69) is 19.2 Å². The molecule has 8 nitrogen and oxygen atoms in total. The molecule has 0 saturated carbocycles. The van der Waals surface area contributed by atoms with Gasteiger partial charge in [0.2, 0.25) is 5.91 Å². The van der Waals surface area contributed by atoms with Gasteiger partial charge in [-0.3, -0.25) is 14.4 Å². The number of rotatable bonds is 34. The van der Waals surface area contributed by atoms with Crippen molar-refractivity contribution in [2.75, 3.05) is 31.2 Å². The van der Waals surface area contributed by atoms with Crippen molar-refractivity contribution in [1.82, 2.24) is 5.32 Å². The smallest absolute Gasteiger partial charge is 0.306 e. The first kappa shape index (κ1) is 43.7. The molecule has 2 atom stereocenters. The SMILES string of the molecule is CCCCCCCCCCCC(=O)OC[C@H](CSC[C@@H](N)C(=O)NCCCCCCN)OC(=O)CCCCCCCCCCC. The van der Waals surface area contributed by atoms with Gasteiger partial charge in [-0.25, -0.2) is 0 Å². The first-order valence-electron chi connectivity index (χ1n) is 18.6. The molecule has 45 heavy (non-hydrogen) atoms. The molecule has 0 bridgehead atoms. The largest absolute Gasteiger partial charge is 0.462 e. The third kappa shape index (κ3) is 31.1. The van der Waals surface area contributed by atoms with Crippen LogP contribution >= 0.6 is 11.8 Å². The van der Waals surface area contributed by atoms with E-state index in [1.165, 1.54) is 88.8 Å². The van der Waals surface area contributed by atoms with Crippen molar-refractivity contribution >= 4 is 29.6 Å². The van der Waals surface area contributed by atoms with Crippen LogP contribution in [-0.2, 0) is 23.9 Å². The van der Waals surface area contributed by atoms with Crippen LogP contribution in [0.5, 0.6) is 0 Å². The Balaban J connectivity index is 4.44. The van der Waals surface area contributed by atoms with E-state index in [1.807, 2.05) is 0 Å². The highest BCUT2D eigenvalue weighted by Gasteiger charge is 2.19. The number of hydrogen-bond donors (Lipinski definition) is 3. The molecule has 0 aliphatic heterocycles. The van der Waals surface area contributed by atoms with Crippen LogP contribution in [0.2, 0.25) is 0 Å². The predicted molar refractivity (Wildman–Crippen MR) is 190 cm³/mol. The molecule has 0 heterocycles. The van der Waals surface area contributed by atoms with Crippen molar-refractivity contribution in [3.63, 3.8) is 0 Å². The number of ether oxygens (including phenoxy) is 2. The molecule has 0 spiro atoms. The third-order valence-corrected chi connectivity index (χ3v) is 9.27. The van der Waals surface area contributed by atoms with Crippen LogP contribution in [0.3, 0.4) is 0 Å². The van der Waals surface area contributed by atoms with Crippen LogP contribution in [-0.4, -0.2) is 61.2 Å². The van der Waals surface area contributed by atoms with E-state index in [9.17, 15) is 14.4 Å². The van der Waals surface area contributed by atoms with Crippen molar-refractivity contribution in [2.45, 2.75) is 180 Å². The predicted octanol–water partition coefficient (Wildman–Crippen LogP) is 7.98. The number of unbranched alkanes of at least 4 members (excludes halogenated alkanes) is 19. The molecule has 0 radical (unpaired) electrons. The average molecular weight is 658 g/mol. The normalized spacial score (nSPS) is 12.5. The van der Waals surface area contributed by atoms with Gasteiger partial charge in [0.15, 0.2) is 0 Å². The van der Waals surface area contributed by atoms with E-state index in [1.54, 1.807) is 0 Å². The Hall–Kier alpha value is -1.32. The molecule has 0 rings (SSSR count). The van der Waals surface area contributed by atoms with Crippen molar-refractivity contribution < 1.29 is 23.9 Å². The van der Waals surface area contributed by atoms with Gasteiger partial charge in [0.1, 0.15) is 12.7 Å². The van der Waals surface area contributed by atoms with Gasteiger partial charge >= 0.3 is 11.9 Å². The molecule has 9 heteroatoms. The van der Waals surface area contributed by atoms with Crippen molar-refractivity contribution in [1.29, 1.82) is 0 Å². The molecule has 0 aromatic rings. The molecule has 266 valence electrons. The Morgan fingerprint density at radius 3 is 1.62 bits per heavy atom. The van der Waals surface area contributed by atoms with E-state index in [0.29, 0.717) is 37.4 Å². The lowest BCUT2D eigenvalue weighted by molar-refractivity contribution is -0.157. The molecular weight excluding hydrogens is 586 g/mol. The fraction of sp³-hybridized carbons (Fsp3) is 0.917. The summed E-state index contributed by atoms with van der Waals surface area (Å²) in [5.74, 6) is 0.153. The molecule has 0 aliphatic carbocycles. The van der Waals surface area contributed by atoms with E-state index < -0.39 is 12.1 Å². The Kier molecular flexibility index (Phi) is 33.0. The van der Waals surface area contributed by atoms with Gasteiger partial charge in [-0.15, -0.1) is 0 Å². The van der Waals surface area contributed by atoms with E-state index >= 15 is 0 Å². The molecule has 5 N–H and O–H groups in total. The second-order valence-corrected chi connectivity index (χ2v) is 13.7. The van der Waals surface area contributed by atoms with Gasteiger partial charge < -0.3 is 26.3 Å². The maximum atomic E-state index is 12.6. The highest BCUT2D eigenvalue weighted by atomic mass is 32.2. The maximum Gasteiger partial charge on any atom is 0.306 e. The maximum absolute atomic E-state index is 12.6. The Labute approximate surface area is 281 Å². The van der Waals surface area contributed by atoms with Crippen LogP contribution in [0.4, 0.5) is 0 Å². The molecule has 1 amide bonds. The van der Waals surface area contributed by atoms with E-state index in [0.717, 1.165) is 64.2 Å². The van der Waals surface area contributed by atoms with Crippen LogP contribution in [0.25, 0.3) is 0 Å². The summed E-state index contributed by atoms with van der Waals surface area (Å²) in [5.41, 5.74) is 11.6. The van der Waals surface area contributed by atoms with Crippen molar-refractivity contribution in [3.8, 4) is 0 Å². The summed E-state index contributed by atoms with van der Waals surface area (Å²) in [5, 5.41) is 2.90. The molecule has 0 aromatic heterocycles. The Morgan fingerprint density at radius 2 is 1.09 bits per heavy atom. The van der Waals surface area contributed by atoms with Crippen molar-refractivity contribution in [2.24, 2.45) is 11.5 Å². The second kappa shape index (κ2) is 34.0. The van der Waals surface area contributed by atoms with Gasteiger partial charge in [-0.05, 0) is 32.2 Å². The molecular formula is C36H71N3O5S. The first-order valence-corrected chi connectivity index (χ1v) is 19.8. The average Bonchev–Trinajstić information content (AvgIpc) is 3.03. The highest BCUT2D eigenvalue weighted by molar-refractivity contribution is 7.99. The first-order chi connectivity index (χ1) is 21.9. The zero-order chi connectivity index (χ0) is 33.2. The third-order valence-electron chi connectivity index (χ3n) is 8.07. The van der Waals surface area contributed by atoms with Crippen LogP contribution < -0.4 is 16.8 Å². The zero-order valence-electron chi connectivity index (χ0n) is 29.3. The summed E-state index contributed by atoms with van der Waals surface area (Å²) in [6.45, 7) is 5.80. The molecule has 0 saturated heterocycles. The minimum absolute atomic E-state index is 0.0387. The number of carbonyl (C=O) groups excluding carboxylic acids is 3. The highest BCUT2D eigenvalue weighted by Crippen LogP contribution is 2.14. The number of carbonyl (C=O) groups is 3. The van der Waals surface area contributed by atoms with Gasteiger partial charge in [-0.1, -0.05) is 129 Å². The second-order valence-electron chi connectivity index (χ2n) is 12.6. The fourth-order valence-corrected chi connectivity index (χ4v) is 6.12. The topological polar surface area (TPSA) is 134 Å². The summed E-state index contributed by atoms with van der Waals surface area (Å²) in [6, 6.07) is -0.647. The molecule has 0 aromatic carbocycles. The zero-order valence-corrected chi connectivity index (χ0v) is 30.1. The van der Waals surface area contributed by atoms with Crippen LogP contribution in [0, 0.1) is 0 Å². The van der Waals surface area contributed by atoms with Crippen molar-refractivity contribution in [3.05, 3.63) is 0 Å². The number of nitrogens with two attached hydrogens (primary N) is 2. The van der Waals surface area contributed by atoms with Crippen LogP contribution in [0.15, 0.2) is 0 Å².